The minimum atomic E-state index is 0.636. The summed E-state index contributed by atoms with van der Waals surface area (Å²) in [7, 11) is 0. The van der Waals surface area contributed by atoms with Crippen molar-refractivity contribution in [2.24, 2.45) is 0 Å². The maximum atomic E-state index is 5.77. The molecular formula is C15H16N4O. The van der Waals surface area contributed by atoms with E-state index in [2.05, 4.69) is 14.5 Å². The molecule has 2 aromatic heterocycles. The molecule has 5 nitrogen and oxygen atoms in total. The lowest BCUT2D eigenvalue weighted by molar-refractivity contribution is 0.499. The van der Waals surface area contributed by atoms with Gasteiger partial charge in [0.25, 0.3) is 0 Å². The van der Waals surface area contributed by atoms with E-state index < -0.39 is 0 Å². The van der Waals surface area contributed by atoms with Gasteiger partial charge >= 0.3 is 0 Å². The third-order valence-corrected chi connectivity index (χ3v) is 3.87. The van der Waals surface area contributed by atoms with Crippen molar-refractivity contribution in [2.45, 2.75) is 32.2 Å². The number of hydrogen-bond donors (Lipinski definition) is 1. The first-order chi connectivity index (χ1) is 9.79. The number of nitrogens with two attached hydrogens (primary N) is 1. The summed E-state index contributed by atoms with van der Waals surface area (Å²) in [6.45, 7) is 0.636. The highest BCUT2D eigenvalue weighted by molar-refractivity contribution is 5.76. The molecule has 2 N–H and O–H groups in total. The fraction of sp³-hybridized carbons (Fsp3) is 0.333. The predicted octanol–water partition coefficient (Wildman–Crippen LogP) is 2.53. The molecule has 1 aliphatic rings. The van der Waals surface area contributed by atoms with Crippen molar-refractivity contribution >= 4 is 16.8 Å². The molecule has 20 heavy (non-hydrogen) atoms. The van der Waals surface area contributed by atoms with Crippen molar-refractivity contribution in [1.29, 1.82) is 0 Å². The van der Waals surface area contributed by atoms with Gasteiger partial charge in [0.2, 0.25) is 5.89 Å². The van der Waals surface area contributed by atoms with E-state index in [1.807, 2.05) is 24.5 Å². The number of aromatic nitrogens is 3. The number of nitrogen functional groups attached to an aromatic ring is 1. The van der Waals surface area contributed by atoms with Gasteiger partial charge in [-0.1, -0.05) is 0 Å². The quantitative estimate of drug-likeness (QED) is 0.725. The first-order valence-electron chi connectivity index (χ1n) is 6.97. The van der Waals surface area contributed by atoms with E-state index in [1.165, 1.54) is 24.2 Å². The molecule has 0 radical (unpaired) electrons. The minimum Gasteiger partial charge on any atom is -0.439 e. The van der Waals surface area contributed by atoms with Gasteiger partial charge in [-0.2, -0.15) is 0 Å². The topological polar surface area (TPSA) is 69.9 Å². The Hall–Kier alpha value is -2.30. The number of benzene rings is 1. The maximum absolute atomic E-state index is 5.77. The van der Waals surface area contributed by atoms with Gasteiger partial charge in [0.05, 0.1) is 12.0 Å². The van der Waals surface area contributed by atoms with E-state index in [0.29, 0.717) is 18.1 Å². The van der Waals surface area contributed by atoms with Crippen LogP contribution < -0.4 is 5.73 Å². The number of aryl methyl sites for hydroxylation is 1. The Morgan fingerprint density at radius 3 is 3.10 bits per heavy atom. The number of fused-ring (bicyclic) bond motifs is 2. The monoisotopic (exact) mass is 268 g/mol. The van der Waals surface area contributed by atoms with Crippen LogP contribution in [0.25, 0.3) is 11.1 Å². The van der Waals surface area contributed by atoms with Crippen LogP contribution in [0.4, 0.5) is 5.69 Å². The zero-order valence-corrected chi connectivity index (χ0v) is 11.2. The summed E-state index contributed by atoms with van der Waals surface area (Å²) in [6, 6.07) is 5.55. The van der Waals surface area contributed by atoms with E-state index in [1.54, 1.807) is 0 Å². The Kier molecular flexibility index (Phi) is 2.52. The highest BCUT2D eigenvalue weighted by Crippen LogP contribution is 2.22. The molecule has 0 fully saturated rings. The SMILES string of the molecule is Nc1ccc2nc(Cn3cnc4c3CCCC4)oc2c1. The maximum Gasteiger partial charge on any atom is 0.215 e. The van der Waals surface area contributed by atoms with Gasteiger partial charge in [0.1, 0.15) is 12.1 Å². The molecule has 0 spiro atoms. The molecule has 0 saturated carbocycles. The Labute approximate surface area is 116 Å². The highest BCUT2D eigenvalue weighted by atomic mass is 16.3. The highest BCUT2D eigenvalue weighted by Gasteiger charge is 2.16. The van der Waals surface area contributed by atoms with Crippen molar-refractivity contribution in [1.82, 2.24) is 14.5 Å². The molecule has 1 aliphatic carbocycles. The fourth-order valence-electron chi connectivity index (χ4n) is 2.87. The van der Waals surface area contributed by atoms with Crippen molar-refractivity contribution in [2.75, 3.05) is 5.73 Å². The van der Waals surface area contributed by atoms with Crippen LogP contribution in [0.15, 0.2) is 28.9 Å². The first kappa shape index (κ1) is 11.5. The van der Waals surface area contributed by atoms with E-state index in [4.69, 9.17) is 10.2 Å². The molecule has 0 aliphatic heterocycles. The van der Waals surface area contributed by atoms with Crippen molar-refractivity contribution < 1.29 is 4.42 Å². The molecule has 3 aromatic rings. The van der Waals surface area contributed by atoms with Crippen LogP contribution >= 0.6 is 0 Å². The zero-order valence-electron chi connectivity index (χ0n) is 11.2. The average Bonchev–Trinajstić information content (AvgIpc) is 3.03. The van der Waals surface area contributed by atoms with Crippen molar-refractivity contribution in [3.63, 3.8) is 0 Å². The lowest BCUT2D eigenvalue weighted by Crippen LogP contribution is -2.09. The van der Waals surface area contributed by atoms with Gasteiger partial charge in [0.15, 0.2) is 5.58 Å². The second-order valence-electron chi connectivity index (χ2n) is 5.31. The molecule has 0 bridgehead atoms. The van der Waals surface area contributed by atoms with Crippen LogP contribution in [0.3, 0.4) is 0 Å². The van der Waals surface area contributed by atoms with Gasteiger partial charge in [-0.15, -0.1) is 0 Å². The third-order valence-electron chi connectivity index (χ3n) is 3.87. The Bertz CT molecular complexity index is 771. The second kappa shape index (κ2) is 4.37. The number of imidazole rings is 1. The number of oxazole rings is 1. The van der Waals surface area contributed by atoms with E-state index >= 15 is 0 Å². The molecule has 1 aromatic carbocycles. The van der Waals surface area contributed by atoms with E-state index in [-0.39, 0.29) is 0 Å². The fourth-order valence-corrected chi connectivity index (χ4v) is 2.87. The van der Waals surface area contributed by atoms with Crippen LogP contribution in [0, 0.1) is 0 Å². The third kappa shape index (κ3) is 1.86. The normalized spacial score (nSPS) is 14.6. The summed E-state index contributed by atoms with van der Waals surface area (Å²) >= 11 is 0. The number of rotatable bonds is 2. The zero-order chi connectivity index (χ0) is 13.5. The lowest BCUT2D eigenvalue weighted by atomic mass is 10.0. The van der Waals surface area contributed by atoms with E-state index in [0.717, 1.165) is 23.9 Å². The molecule has 0 amide bonds. The first-order valence-corrected chi connectivity index (χ1v) is 6.97. The Morgan fingerprint density at radius 2 is 2.15 bits per heavy atom. The minimum absolute atomic E-state index is 0.636. The van der Waals surface area contributed by atoms with Gasteiger partial charge in [0, 0.05) is 17.4 Å². The van der Waals surface area contributed by atoms with Crippen LogP contribution in [0.5, 0.6) is 0 Å². The average molecular weight is 268 g/mol. The molecule has 0 saturated heterocycles. The van der Waals surface area contributed by atoms with Crippen molar-refractivity contribution in [3.05, 3.63) is 41.8 Å². The standard InChI is InChI=1S/C15H16N4O/c16-10-5-6-12-14(7-10)20-15(18-12)8-19-9-17-11-3-1-2-4-13(11)19/h5-7,9H,1-4,8,16H2. The van der Waals surface area contributed by atoms with Crippen LogP contribution in [-0.4, -0.2) is 14.5 Å². The summed E-state index contributed by atoms with van der Waals surface area (Å²) in [6.07, 6.45) is 6.57. The van der Waals surface area contributed by atoms with Gasteiger partial charge in [-0.3, -0.25) is 0 Å². The van der Waals surface area contributed by atoms with Gasteiger partial charge in [-0.05, 0) is 37.8 Å². The molecule has 0 atom stereocenters. The van der Waals surface area contributed by atoms with Crippen LogP contribution in [-0.2, 0) is 19.4 Å². The smallest absolute Gasteiger partial charge is 0.215 e. The molecular weight excluding hydrogens is 252 g/mol. The van der Waals surface area contributed by atoms with Gasteiger partial charge in [-0.25, -0.2) is 9.97 Å². The van der Waals surface area contributed by atoms with Crippen LogP contribution in [0.2, 0.25) is 0 Å². The Balaban J connectivity index is 1.68. The lowest BCUT2D eigenvalue weighted by Gasteiger charge is -2.12. The second-order valence-corrected chi connectivity index (χ2v) is 5.31. The summed E-state index contributed by atoms with van der Waals surface area (Å²) in [5.74, 6) is 0.705. The number of hydrogen-bond acceptors (Lipinski definition) is 4. The molecule has 5 heteroatoms. The Morgan fingerprint density at radius 1 is 1.25 bits per heavy atom. The summed E-state index contributed by atoms with van der Waals surface area (Å²) in [5.41, 5.74) is 10.6. The van der Waals surface area contributed by atoms with E-state index in [9.17, 15) is 0 Å². The van der Waals surface area contributed by atoms with Crippen molar-refractivity contribution in [3.8, 4) is 0 Å². The summed E-state index contributed by atoms with van der Waals surface area (Å²) in [4.78, 5) is 9.00. The summed E-state index contributed by atoms with van der Waals surface area (Å²) in [5, 5.41) is 0. The number of nitrogens with zero attached hydrogens (tertiary/aromatic N) is 3. The molecule has 0 unspecified atom stereocenters. The predicted molar refractivity (Wildman–Crippen MR) is 76.4 cm³/mol. The molecule has 2 heterocycles. The summed E-state index contributed by atoms with van der Waals surface area (Å²) < 4.78 is 7.93. The largest absolute Gasteiger partial charge is 0.439 e. The molecule has 102 valence electrons. The van der Waals surface area contributed by atoms with Crippen LogP contribution in [0.1, 0.15) is 30.1 Å². The molecule has 4 rings (SSSR count). The van der Waals surface area contributed by atoms with Gasteiger partial charge < -0.3 is 14.7 Å². The number of anilines is 1.